The molecule has 3 heterocycles. The lowest BCUT2D eigenvalue weighted by Crippen LogP contribution is -2.38. The summed E-state index contributed by atoms with van der Waals surface area (Å²) in [5.74, 6) is 1.05. The quantitative estimate of drug-likeness (QED) is 0.864. The summed E-state index contributed by atoms with van der Waals surface area (Å²) >= 11 is 0. The number of nitrogens with zero attached hydrogens (tertiary/aromatic N) is 5. The van der Waals surface area contributed by atoms with E-state index < -0.39 is 0 Å². The van der Waals surface area contributed by atoms with E-state index in [4.69, 9.17) is 15.0 Å². The van der Waals surface area contributed by atoms with Crippen molar-refractivity contribution in [3.63, 3.8) is 0 Å². The van der Waals surface area contributed by atoms with Crippen LogP contribution in [0.1, 0.15) is 18.9 Å². The lowest BCUT2D eigenvalue weighted by molar-refractivity contribution is -0.0334. The van der Waals surface area contributed by atoms with Gasteiger partial charge in [0, 0.05) is 25.5 Å². The highest BCUT2D eigenvalue weighted by molar-refractivity contribution is 5.61. The number of anilines is 1. The first-order valence-electron chi connectivity index (χ1n) is 6.52. The highest BCUT2D eigenvalue weighted by atomic mass is 16.5. The molecular formula is C12H16N6O2. The minimum atomic E-state index is -0.181. The third-order valence-corrected chi connectivity index (χ3v) is 3.26. The van der Waals surface area contributed by atoms with Crippen LogP contribution in [0, 0.1) is 0 Å². The van der Waals surface area contributed by atoms with Crippen molar-refractivity contribution >= 4 is 5.82 Å². The first-order valence-corrected chi connectivity index (χ1v) is 6.52. The molecule has 2 N–H and O–H groups in total. The van der Waals surface area contributed by atoms with Crippen LogP contribution in [0.3, 0.4) is 0 Å². The van der Waals surface area contributed by atoms with E-state index in [2.05, 4.69) is 31.9 Å². The molecule has 1 aliphatic heterocycles. The summed E-state index contributed by atoms with van der Waals surface area (Å²) < 4.78 is 10.9. The predicted octanol–water partition coefficient (Wildman–Crippen LogP) is 0.502. The average Bonchev–Trinajstić information content (AvgIpc) is 2.97. The largest absolute Gasteiger partial charge is 0.382 e. The molecule has 2 aromatic heterocycles. The van der Waals surface area contributed by atoms with Crippen LogP contribution in [0.5, 0.6) is 0 Å². The molecule has 0 amide bonds. The zero-order valence-corrected chi connectivity index (χ0v) is 11.2. The maximum atomic E-state index is 5.74. The van der Waals surface area contributed by atoms with Gasteiger partial charge in [0.1, 0.15) is 6.10 Å². The number of rotatable bonds is 3. The Bertz CT molecular complexity index is 587. The number of hydrogen-bond acceptors (Lipinski definition) is 8. The zero-order valence-electron chi connectivity index (χ0n) is 11.2. The molecule has 8 heteroatoms. The van der Waals surface area contributed by atoms with Crippen molar-refractivity contribution in [2.75, 3.05) is 32.0 Å². The molecule has 0 radical (unpaired) electrons. The molecule has 1 atom stereocenters. The van der Waals surface area contributed by atoms with E-state index in [-0.39, 0.29) is 17.8 Å². The van der Waals surface area contributed by atoms with E-state index in [9.17, 15) is 0 Å². The third kappa shape index (κ3) is 2.47. The van der Waals surface area contributed by atoms with Crippen LogP contribution in [0.15, 0.2) is 16.9 Å². The van der Waals surface area contributed by atoms with Crippen LogP contribution in [-0.2, 0) is 4.74 Å². The maximum absolute atomic E-state index is 5.74. The summed E-state index contributed by atoms with van der Waals surface area (Å²) in [6.45, 7) is 5.43. The molecule has 1 fully saturated rings. The van der Waals surface area contributed by atoms with Crippen molar-refractivity contribution in [3.05, 3.63) is 18.2 Å². The first kappa shape index (κ1) is 12.9. The molecule has 3 rings (SSSR count). The fraction of sp³-hybridized carbons (Fsp3) is 0.500. The SMILES string of the molecule is CCN1CCOC(c2noc(-c3nccnc3N)n2)C1. The molecule has 0 spiro atoms. The molecule has 8 nitrogen and oxygen atoms in total. The van der Waals surface area contributed by atoms with Gasteiger partial charge in [0.15, 0.2) is 11.5 Å². The van der Waals surface area contributed by atoms with Gasteiger partial charge in [0.25, 0.3) is 5.89 Å². The number of hydrogen-bond donors (Lipinski definition) is 1. The maximum Gasteiger partial charge on any atom is 0.280 e. The lowest BCUT2D eigenvalue weighted by atomic mass is 10.2. The van der Waals surface area contributed by atoms with E-state index in [0.717, 1.165) is 19.6 Å². The Kier molecular flexibility index (Phi) is 3.57. The molecule has 1 saturated heterocycles. The zero-order chi connectivity index (χ0) is 13.9. The van der Waals surface area contributed by atoms with E-state index in [1.807, 2.05) is 0 Å². The Morgan fingerprint density at radius 1 is 1.40 bits per heavy atom. The van der Waals surface area contributed by atoms with Crippen molar-refractivity contribution in [3.8, 4) is 11.6 Å². The number of morpholine rings is 1. The molecule has 20 heavy (non-hydrogen) atoms. The Balaban J connectivity index is 1.82. The molecule has 0 saturated carbocycles. The second-order valence-corrected chi connectivity index (χ2v) is 4.50. The normalized spacial score (nSPS) is 20.1. The van der Waals surface area contributed by atoms with Crippen LogP contribution in [0.25, 0.3) is 11.6 Å². The summed E-state index contributed by atoms with van der Waals surface area (Å²) in [5, 5.41) is 3.96. The molecule has 1 unspecified atom stereocenters. The van der Waals surface area contributed by atoms with Crippen molar-refractivity contribution in [1.82, 2.24) is 25.0 Å². The minimum Gasteiger partial charge on any atom is -0.382 e. The van der Waals surface area contributed by atoms with Gasteiger partial charge in [0.2, 0.25) is 5.82 Å². The van der Waals surface area contributed by atoms with Crippen molar-refractivity contribution in [2.45, 2.75) is 13.0 Å². The first-order chi connectivity index (χ1) is 9.78. The Labute approximate surface area is 116 Å². The van der Waals surface area contributed by atoms with Crippen LogP contribution in [0.4, 0.5) is 5.82 Å². The average molecular weight is 276 g/mol. The van der Waals surface area contributed by atoms with Crippen LogP contribution in [0.2, 0.25) is 0 Å². The lowest BCUT2D eigenvalue weighted by Gasteiger charge is -2.30. The molecule has 0 bridgehead atoms. The van der Waals surface area contributed by atoms with Crippen molar-refractivity contribution in [2.24, 2.45) is 0 Å². The minimum absolute atomic E-state index is 0.181. The van der Waals surface area contributed by atoms with Gasteiger partial charge in [-0.1, -0.05) is 12.1 Å². The molecule has 106 valence electrons. The van der Waals surface area contributed by atoms with Crippen LogP contribution >= 0.6 is 0 Å². The summed E-state index contributed by atoms with van der Waals surface area (Å²) in [6, 6.07) is 0. The van der Waals surface area contributed by atoms with Gasteiger partial charge >= 0.3 is 0 Å². The number of ether oxygens (including phenoxy) is 1. The predicted molar refractivity (Wildman–Crippen MR) is 70.5 cm³/mol. The van der Waals surface area contributed by atoms with Gasteiger partial charge in [-0.05, 0) is 6.54 Å². The summed E-state index contributed by atoms with van der Waals surface area (Å²) in [7, 11) is 0. The van der Waals surface area contributed by atoms with Gasteiger partial charge in [-0.15, -0.1) is 0 Å². The molecule has 1 aliphatic rings. The Morgan fingerprint density at radius 2 is 2.25 bits per heavy atom. The fourth-order valence-electron chi connectivity index (χ4n) is 2.12. The highest BCUT2D eigenvalue weighted by Crippen LogP contribution is 2.24. The van der Waals surface area contributed by atoms with Gasteiger partial charge in [-0.25, -0.2) is 9.97 Å². The molecule has 2 aromatic rings. The van der Waals surface area contributed by atoms with Gasteiger partial charge in [0.05, 0.1) is 6.61 Å². The molecular weight excluding hydrogens is 260 g/mol. The van der Waals surface area contributed by atoms with Crippen molar-refractivity contribution < 1.29 is 9.26 Å². The topological polar surface area (TPSA) is 103 Å². The van der Waals surface area contributed by atoms with Crippen LogP contribution < -0.4 is 5.73 Å². The van der Waals surface area contributed by atoms with Gasteiger partial charge in [-0.2, -0.15) is 4.98 Å². The number of aromatic nitrogens is 4. The smallest absolute Gasteiger partial charge is 0.280 e. The van der Waals surface area contributed by atoms with E-state index in [1.54, 1.807) is 0 Å². The van der Waals surface area contributed by atoms with Gasteiger partial charge < -0.3 is 15.0 Å². The van der Waals surface area contributed by atoms with Gasteiger partial charge in [-0.3, -0.25) is 4.90 Å². The monoisotopic (exact) mass is 276 g/mol. The second kappa shape index (κ2) is 5.51. The van der Waals surface area contributed by atoms with E-state index >= 15 is 0 Å². The van der Waals surface area contributed by atoms with E-state index in [1.165, 1.54) is 12.4 Å². The number of likely N-dealkylation sites (N-methyl/N-ethyl adjacent to an activating group) is 1. The number of nitrogens with two attached hydrogens (primary N) is 1. The highest BCUT2D eigenvalue weighted by Gasteiger charge is 2.26. The van der Waals surface area contributed by atoms with Crippen molar-refractivity contribution in [1.29, 1.82) is 0 Å². The van der Waals surface area contributed by atoms with E-state index in [0.29, 0.717) is 18.1 Å². The summed E-state index contributed by atoms with van der Waals surface area (Å²) in [4.78, 5) is 14.7. The summed E-state index contributed by atoms with van der Waals surface area (Å²) in [5.41, 5.74) is 6.14. The van der Waals surface area contributed by atoms with Crippen LogP contribution in [-0.4, -0.2) is 51.2 Å². The third-order valence-electron chi connectivity index (χ3n) is 3.26. The Hall–Kier alpha value is -2.06. The fourth-order valence-corrected chi connectivity index (χ4v) is 2.12. The number of nitrogen functional groups attached to an aromatic ring is 1. The second-order valence-electron chi connectivity index (χ2n) is 4.50. The standard InChI is InChI=1S/C12H16N6O2/c1-2-18-5-6-19-8(7-18)11-16-12(20-17-11)9-10(13)15-4-3-14-9/h3-4,8H,2,5-7H2,1H3,(H2,13,15). The Morgan fingerprint density at radius 3 is 3.05 bits per heavy atom. The molecule has 0 aliphatic carbocycles. The summed E-state index contributed by atoms with van der Waals surface area (Å²) in [6.07, 6.45) is 2.87. The molecule has 0 aromatic carbocycles.